The van der Waals surface area contributed by atoms with Gasteiger partial charge < -0.3 is 0 Å². The fourth-order valence-corrected chi connectivity index (χ4v) is 3.87. The summed E-state index contributed by atoms with van der Waals surface area (Å²) < 4.78 is 0. The average Bonchev–Trinajstić information content (AvgIpc) is 2.85. The molecule has 4 rings (SSSR count). The predicted octanol–water partition coefficient (Wildman–Crippen LogP) is 7.74. The van der Waals surface area contributed by atoms with Crippen molar-refractivity contribution in [3.8, 4) is 35.5 Å². The van der Waals surface area contributed by atoms with E-state index in [-0.39, 0.29) is 0 Å². The summed E-state index contributed by atoms with van der Waals surface area (Å²) in [6.07, 6.45) is 0. The molecule has 174 valence electrons. The fraction of sp³-hybridized carbons (Fsp3) is 0.167. The monoisotopic (exact) mass is 462 g/mol. The van der Waals surface area contributed by atoms with Gasteiger partial charge in [0.25, 0.3) is 0 Å². The van der Waals surface area contributed by atoms with Crippen molar-refractivity contribution in [3.05, 3.63) is 140 Å². The first-order valence-corrected chi connectivity index (χ1v) is 12.2. The van der Waals surface area contributed by atoms with Gasteiger partial charge in [0.15, 0.2) is 0 Å². The second-order valence-electron chi connectivity index (χ2n) is 9.50. The summed E-state index contributed by atoms with van der Waals surface area (Å²) in [6.45, 7) is 12.6. The molecule has 4 aromatic rings. The topological polar surface area (TPSA) is 0 Å². The van der Waals surface area contributed by atoms with Crippen LogP contribution in [0.1, 0.15) is 66.8 Å². The molecular weight excluding hydrogens is 432 g/mol. The Morgan fingerprint density at radius 1 is 0.333 bits per heavy atom. The van der Waals surface area contributed by atoms with Gasteiger partial charge in [-0.25, -0.2) is 0 Å². The Kier molecular flexibility index (Phi) is 7.45. The summed E-state index contributed by atoms with van der Waals surface area (Å²) in [6, 6.07) is 25.3. The summed E-state index contributed by atoms with van der Waals surface area (Å²) in [7, 11) is 0. The Labute approximate surface area is 216 Å². The lowest BCUT2D eigenvalue weighted by Crippen LogP contribution is -1.88. The highest BCUT2D eigenvalue weighted by atomic mass is 14.0. The SMILES string of the molecule is Cc1ccc(C)c(C#Cc2cc(C#Cc3cc(C)ccc3C)cc(C#Cc3cc(C)ccc3C)c2)c1. The van der Waals surface area contributed by atoms with E-state index in [9.17, 15) is 0 Å². The molecule has 0 spiro atoms. The second kappa shape index (κ2) is 10.9. The largest absolute Gasteiger partial charge is 0.0616 e. The smallest absolute Gasteiger partial charge is 0.0280 e. The lowest BCUT2D eigenvalue weighted by atomic mass is 10.0. The maximum atomic E-state index is 3.36. The van der Waals surface area contributed by atoms with Crippen LogP contribution in [0.4, 0.5) is 0 Å². The van der Waals surface area contributed by atoms with Crippen molar-refractivity contribution in [2.75, 3.05) is 0 Å². The number of hydrogen-bond acceptors (Lipinski definition) is 0. The molecule has 0 amide bonds. The zero-order chi connectivity index (χ0) is 25.7. The van der Waals surface area contributed by atoms with Crippen molar-refractivity contribution in [1.29, 1.82) is 0 Å². The van der Waals surface area contributed by atoms with Crippen LogP contribution in [0.2, 0.25) is 0 Å². The highest BCUT2D eigenvalue weighted by molar-refractivity contribution is 5.57. The molecule has 0 aliphatic carbocycles. The molecule has 0 bridgehead atoms. The van der Waals surface area contributed by atoms with Crippen molar-refractivity contribution in [1.82, 2.24) is 0 Å². The molecule has 0 aromatic heterocycles. The Morgan fingerprint density at radius 2 is 0.611 bits per heavy atom. The molecule has 0 saturated heterocycles. The summed E-state index contributed by atoms with van der Waals surface area (Å²) in [5, 5.41) is 0. The molecule has 0 fully saturated rings. The van der Waals surface area contributed by atoms with Crippen LogP contribution < -0.4 is 0 Å². The van der Waals surface area contributed by atoms with E-state index in [1.54, 1.807) is 0 Å². The van der Waals surface area contributed by atoms with E-state index < -0.39 is 0 Å². The highest BCUT2D eigenvalue weighted by Gasteiger charge is 2.00. The molecule has 0 nitrogen and oxygen atoms in total. The van der Waals surface area contributed by atoms with Gasteiger partial charge in [0, 0.05) is 33.4 Å². The van der Waals surface area contributed by atoms with Crippen LogP contribution in [0.15, 0.2) is 72.8 Å². The van der Waals surface area contributed by atoms with Crippen molar-refractivity contribution in [2.45, 2.75) is 41.5 Å². The number of rotatable bonds is 0. The number of benzene rings is 4. The molecule has 0 aliphatic rings. The van der Waals surface area contributed by atoms with Crippen molar-refractivity contribution >= 4 is 0 Å². The van der Waals surface area contributed by atoms with Crippen LogP contribution in [0.25, 0.3) is 0 Å². The minimum Gasteiger partial charge on any atom is -0.0616 e. The molecule has 0 N–H and O–H groups in total. The van der Waals surface area contributed by atoms with Crippen LogP contribution in [0, 0.1) is 77.1 Å². The predicted molar refractivity (Wildman–Crippen MR) is 152 cm³/mol. The Balaban J connectivity index is 1.79. The lowest BCUT2D eigenvalue weighted by Gasteiger charge is -2.01. The summed E-state index contributed by atoms with van der Waals surface area (Å²) in [5.41, 5.74) is 13.0. The molecular formula is C36H30. The normalized spacial score (nSPS) is 9.83. The minimum absolute atomic E-state index is 0.911. The van der Waals surface area contributed by atoms with E-state index in [1.165, 1.54) is 33.4 Å². The second-order valence-corrected chi connectivity index (χ2v) is 9.50. The minimum atomic E-state index is 0.911. The summed E-state index contributed by atoms with van der Waals surface area (Å²) in [4.78, 5) is 0. The van der Waals surface area contributed by atoms with Crippen LogP contribution in [-0.2, 0) is 0 Å². The third-order valence-electron chi connectivity index (χ3n) is 6.14. The first kappa shape index (κ1) is 24.7. The lowest BCUT2D eigenvalue weighted by molar-refractivity contribution is 1.37. The maximum Gasteiger partial charge on any atom is 0.0280 e. The van der Waals surface area contributed by atoms with Gasteiger partial charge in [-0.15, -0.1) is 0 Å². The molecule has 0 aliphatic heterocycles. The summed E-state index contributed by atoms with van der Waals surface area (Å²) in [5.74, 6) is 20.2. The highest BCUT2D eigenvalue weighted by Crippen LogP contribution is 2.14. The summed E-state index contributed by atoms with van der Waals surface area (Å²) >= 11 is 0. The first-order valence-electron chi connectivity index (χ1n) is 12.2. The van der Waals surface area contributed by atoms with Gasteiger partial charge in [-0.3, -0.25) is 0 Å². The van der Waals surface area contributed by atoms with E-state index in [2.05, 4.69) is 150 Å². The van der Waals surface area contributed by atoms with Gasteiger partial charge in [-0.1, -0.05) is 71.9 Å². The van der Waals surface area contributed by atoms with Gasteiger partial charge in [0.2, 0.25) is 0 Å². The molecule has 0 unspecified atom stereocenters. The van der Waals surface area contributed by atoms with Crippen molar-refractivity contribution in [2.24, 2.45) is 0 Å². The molecule has 0 radical (unpaired) electrons. The molecule has 0 heteroatoms. The molecule has 4 aromatic carbocycles. The van der Waals surface area contributed by atoms with E-state index >= 15 is 0 Å². The maximum absolute atomic E-state index is 3.36. The average molecular weight is 463 g/mol. The van der Waals surface area contributed by atoms with E-state index in [0.29, 0.717) is 0 Å². The third-order valence-corrected chi connectivity index (χ3v) is 6.14. The van der Waals surface area contributed by atoms with Gasteiger partial charge >= 0.3 is 0 Å². The van der Waals surface area contributed by atoms with Gasteiger partial charge in [-0.2, -0.15) is 0 Å². The first-order chi connectivity index (χ1) is 17.3. The van der Waals surface area contributed by atoms with E-state index in [4.69, 9.17) is 0 Å². The van der Waals surface area contributed by atoms with Crippen molar-refractivity contribution in [3.63, 3.8) is 0 Å². The van der Waals surface area contributed by atoms with Gasteiger partial charge in [0.1, 0.15) is 0 Å². The quantitative estimate of drug-likeness (QED) is 0.235. The number of aryl methyl sites for hydroxylation is 6. The van der Waals surface area contributed by atoms with Crippen LogP contribution in [-0.4, -0.2) is 0 Å². The van der Waals surface area contributed by atoms with Crippen molar-refractivity contribution < 1.29 is 0 Å². The van der Waals surface area contributed by atoms with Crippen LogP contribution in [0.5, 0.6) is 0 Å². The molecule has 0 atom stereocenters. The van der Waals surface area contributed by atoms with Crippen LogP contribution >= 0.6 is 0 Å². The third kappa shape index (κ3) is 6.36. The Hall–Kier alpha value is -4.44. The number of hydrogen-bond donors (Lipinski definition) is 0. The van der Waals surface area contributed by atoms with Crippen LogP contribution in [0.3, 0.4) is 0 Å². The Bertz CT molecular complexity index is 1430. The van der Waals surface area contributed by atoms with E-state index in [0.717, 1.165) is 33.4 Å². The molecule has 36 heavy (non-hydrogen) atoms. The zero-order valence-electron chi connectivity index (χ0n) is 21.9. The molecule has 0 heterocycles. The van der Waals surface area contributed by atoms with Gasteiger partial charge in [0.05, 0.1) is 0 Å². The molecule has 0 saturated carbocycles. The van der Waals surface area contributed by atoms with E-state index in [1.807, 2.05) is 0 Å². The zero-order valence-corrected chi connectivity index (χ0v) is 21.9. The standard InChI is InChI=1S/C36H30/c1-25-7-10-28(4)34(19-25)16-13-31-22-32(14-17-35-20-26(2)8-11-29(35)5)24-33(23-31)15-18-36-21-27(3)9-12-30(36)6/h7-12,19-24H,1-6H3. The van der Waals surface area contributed by atoms with Gasteiger partial charge in [-0.05, 0) is 111 Å². The fourth-order valence-electron chi connectivity index (χ4n) is 3.87. The Morgan fingerprint density at radius 3 is 0.889 bits per heavy atom.